The predicted molar refractivity (Wildman–Crippen MR) is 84.8 cm³/mol. The normalized spacial score (nSPS) is 12.0. The first kappa shape index (κ1) is 15.3. The lowest BCUT2D eigenvalue weighted by molar-refractivity contribution is 0.184. The number of hydrogen-bond acceptors (Lipinski definition) is 2. The number of nitrogens with zero attached hydrogens (tertiary/aromatic N) is 2. The summed E-state index contributed by atoms with van der Waals surface area (Å²) in [6.07, 6.45) is 2.12. The van der Waals surface area contributed by atoms with Crippen LogP contribution in [0.1, 0.15) is 50.7 Å². The zero-order valence-corrected chi connectivity index (χ0v) is 13.7. The summed E-state index contributed by atoms with van der Waals surface area (Å²) in [4.78, 5) is 0. The van der Waals surface area contributed by atoms with E-state index in [9.17, 15) is 0 Å². The van der Waals surface area contributed by atoms with Gasteiger partial charge in [-0.25, -0.2) is 0 Å². The second kappa shape index (κ2) is 6.15. The molecular weight excluding hydrogens is 272 g/mol. The molecule has 2 aromatic rings. The summed E-state index contributed by atoms with van der Waals surface area (Å²) in [5.41, 5.74) is 3.55. The molecule has 1 aromatic carbocycles. The monoisotopic (exact) mass is 294 g/mol. The molecule has 3 nitrogen and oxygen atoms in total. The summed E-state index contributed by atoms with van der Waals surface area (Å²) in [7, 11) is 1.70. The van der Waals surface area contributed by atoms with Gasteiger partial charge < -0.3 is 4.74 Å². The highest BCUT2D eigenvalue weighted by Gasteiger charge is 2.19. The van der Waals surface area contributed by atoms with Crippen molar-refractivity contribution in [3.05, 3.63) is 28.4 Å². The fourth-order valence-electron chi connectivity index (χ4n) is 2.73. The molecule has 0 spiro atoms. The Bertz CT molecular complexity index is 602. The van der Waals surface area contributed by atoms with Gasteiger partial charge in [-0.15, -0.1) is 0 Å². The second-order valence-electron chi connectivity index (χ2n) is 5.81. The Kier molecular flexibility index (Phi) is 4.71. The first-order valence-corrected chi connectivity index (χ1v) is 7.51. The van der Waals surface area contributed by atoms with Crippen LogP contribution in [0.5, 0.6) is 0 Å². The molecule has 20 heavy (non-hydrogen) atoms. The lowest BCUT2D eigenvalue weighted by Gasteiger charge is -2.18. The Morgan fingerprint density at radius 3 is 2.40 bits per heavy atom. The van der Waals surface area contributed by atoms with Crippen molar-refractivity contribution in [2.45, 2.75) is 46.1 Å². The van der Waals surface area contributed by atoms with Crippen molar-refractivity contribution >= 4 is 22.5 Å². The third kappa shape index (κ3) is 2.84. The van der Waals surface area contributed by atoms with E-state index in [0.717, 1.165) is 17.1 Å². The fourth-order valence-corrected chi connectivity index (χ4v) is 3.15. The summed E-state index contributed by atoms with van der Waals surface area (Å²) in [6.45, 7) is 10.2. The highest BCUT2D eigenvalue weighted by Crippen LogP contribution is 2.37. The zero-order valence-electron chi connectivity index (χ0n) is 12.9. The van der Waals surface area contributed by atoms with Crippen LogP contribution in [-0.4, -0.2) is 23.5 Å². The Morgan fingerprint density at radius 2 is 1.85 bits per heavy atom. The molecule has 0 saturated heterocycles. The zero-order chi connectivity index (χ0) is 14.9. The van der Waals surface area contributed by atoms with E-state index >= 15 is 0 Å². The molecule has 0 bridgehead atoms. The molecule has 4 heteroatoms. The minimum Gasteiger partial charge on any atom is -0.383 e. The number of benzene rings is 1. The number of hydrogen-bond donors (Lipinski definition) is 0. The summed E-state index contributed by atoms with van der Waals surface area (Å²) < 4.78 is 7.06. The van der Waals surface area contributed by atoms with Crippen molar-refractivity contribution in [1.29, 1.82) is 0 Å². The Hall–Kier alpha value is -1.06. The maximum atomic E-state index is 6.49. The van der Waals surface area contributed by atoms with Crippen molar-refractivity contribution in [2.24, 2.45) is 0 Å². The van der Waals surface area contributed by atoms with E-state index in [1.807, 2.05) is 10.7 Å². The molecule has 0 radical (unpaired) electrons. The van der Waals surface area contributed by atoms with Crippen molar-refractivity contribution < 1.29 is 4.74 Å². The van der Waals surface area contributed by atoms with Gasteiger partial charge >= 0.3 is 0 Å². The van der Waals surface area contributed by atoms with Crippen LogP contribution in [0, 0.1) is 0 Å². The smallest absolute Gasteiger partial charge is 0.0941 e. The summed E-state index contributed by atoms with van der Waals surface area (Å²) in [5.74, 6) is 0.834. The SMILES string of the molecule is COCCn1cc2c(C(C)C)c(C(C)C)c(Cl)cc2n1. The van der Waals surface area contributed by atoms with E-state index in [0.29, 0.717) is 18.4 Å². The van der Waals surface area contributed by atoms with Crippen molar-refractivity contribution in [3.63, 3.8) is 0 Å². The van der Waals surface area contributed by atoms with Gasteiger partial charge in [-0.3, -0.25) is 4.68 Å². The molecule has 0 aliphatic rings. The Balaban J connectivity index is 2.64. The van der Waals surface area contributed by atoms with E-state index in [1.54, 1.807) is 7.11 Å². The number of ether oxygens (including phenoxy) is 1. The largest absolute Gasteiger partial charge is 0.383 e. The average molecular weight is 295 g/mol. The number of fused-ring (bicyclic) bond motifs is 1. The summed E-state index contributed by atoms with van der Waals surface area (Å²) in [6, 6.07) is 1.99. The van der Waals surface area contributed by atoms with Gasteiger partial charge in [0.25, 0.3) is 0 Å². The van der Waals surface area contributed by atoms with Crippen LogP contribution in [0.3, 0.4) is 0 Å². The molecule has 0 saturated carbocycles. The number of aromatic nitrogens is 2. The van der Waals surface area contributed by atoms with E-state index in [4.69, 9.17) is 16.3 Å². The van der Waals surface area contributed by atoms with Gasteiger partial charge in [0.05, 0.1) is 18.7 Å². The molecule has 110 valence electrons. The van der Waals surface area contributed by atoms with Gasteiger partial charge in [-0.1, -0.05) is 39.3 Å². The minimum atomic E-state index is 0.409. The number of rotatable bonds is 5. The fraction of sp³-hybridized carbons (Fsp3) is 0.562. The van der Waals surface area contributed by atoms with Crippen molar-refractivity contribution in [2.75, 3.05) is 13.7 Å². The molecule has 1 heterocycles. The van der Waals surface area contributed by atoms with Gasteiger partial charge in [0, 0.05) is 23.7 Å². The molecular formula is C16H23ClN2O. The molecule has 2 rings (SSSR count). The molecule has 1 aromatic heterocycles. The molecule has 0 unspecified atom stereocenters. The molecule has 0 amide bonds. The molecule has 0 atom stereocenters. The van der Waals surface area contributed by atoms with E-state index in [2.05, 4.69) is 39.0 Å². The first-order valence-electron chi connectivity index (χ1n) is 7.14. The minimum absolute atomic E-state index is 0.409. The van der Waals surface area contributed by atoms with Crippen LogP contribution >= 0.6 is 11.6 Å². The van der Waals surface area contributed by atoms with E-state index in [-0.39, 0.29) is 0 Å². The summed E-state index contributed by atoms with van der Waals surface area (Å²) >= 11 is 6.49. The van der Waals surface area contributed by atoms with Gasteiger partial charge in [0.2, 0.25) is 0 Å². The third-order valence-corrected chi connectivity index (χ3v) is 3.88. The van der Waals surface area contributed by atoms with Crippen molar-refractivity contribution in [1.82, 2.24) is 9.78 Å². The van der Waals surface area contributed by atoms with Crippen LogP contribution in [0.2, 0.25) is 5.02 Å². The lowest BCUT2D eigenvalue weighted by atomic mass is 9.88. The Morgan fingerprint density at radius 1 is 1.20 bits per heavy atom. The van der Waals surface area contributed by atoms with E-state index < -0.39 is 0 Å². The summed E-state index contributed by atoms with van der Waals surface area (Å²) in [5, 5.41) is 6.65. The highest BCUT2D eigenvalue weighted by molar-refractivity contribution is 6.32. The van der Waals surface area contributed by atoms with Crippen LogP contribution in [0.4, 0.5) is 0 Å². The number of halogens is 1. The lowest BCUT2D eigenvalue weighted by Crippen LogP contribution is -2.03. The quantitative estimate of drug-likeness (QED) is 0.807. The maximum Gasteiger partial charge on any atom is 0.0941 e. The second-order valence-corrected chi connectivity index (χ2v) is 6.22. The molecule has 0 aliphatic carbocycles. The van der Waals surface area contributed by atoms with Crippen LogP contribution in [-0.2, 0) is 11.3 Å². The molecule has 0 aliphatic heterocycles. The van der Waals surface area contributed by atoms with Crippen LogP contribution in [0.25, 0.3) is 10.9 Å². The maximum absolute atomic E-state index is 6.49. The van der Waals surface area contributed by atoms with Crippen LogP contribution < -0.4 is 0 Å². The van der Waals surface area contributed by atoms with Crippen molar-refractivity contribution in [3.8, 4) is 0 Å². The van der Waals surface area contributed by atoms with Gasteiger partial charge in [-0.2, -0.15) is 5.10 Å². The number of methoxy groups -OCH3 is 1. The van der Waals surface area contributed by atoms with Gasteiger partial charge in [0.1, 0.15) is 0 Å². The third-order valence-electron chi connectivity index (χ3n) is 3.57. The molecule has 0 N–H and O–H groups in total. The van der Waals surface area contributed by atoms with Gasteiger partial charge in [-0.05, 0) is 29.0 Å². The highest BCUT2D eigenvalue weighted by atomic mass is 35.5. The first-order chi connectivity index (χ1) is 9.45. The molecule has 0 fully saturated rings. The van der Waals surface area contributed by atoms with Gasteiger partial charge in [0.15, 0.2) is 0 Å². The average Bonchev–Trinajstić information content (AvgIpc) is 2.76. The topological polar surface area (TPSA) is 27.1 Å². The van der Waals surface area contributed by atoms with Crippen LogP contribution in [0.15, 0.2) is 12.3 Å². The van der Waals surface area contributed by atoms with E-state index in [1.165, 1.54) is 16.5 Å². The standard InChI is InChI=1S/C16H23ClN2O/c1-10(2)15-12-9-19(6-7-20-5)18-14(12)8-13(17)16(15)11(3)4/h8-11H,6-7H2,1-5H3. The Labute approximate surface area is 125 Å². The predicted octanol–water partition coefficient (Wildman–Crippen LogP) is 4.58.